The van der Waals surface area contributed by atoms with Gasteiger partial charge in [-0.1, -0.05) is 37.3 Å². The lowest BCUT2D eigenvalue weighted by Gasteiger charge is -2.16. The molecule has 20 heavy (non-hydrogen) atoms. The number of nitrogens with one attached hydrogen (secondary N) is 2. The lowest BCUT2D eigenvalue weighted by molar-refractivity contribution is 0.357. The van der Waals surface area contributed by atoms with Gasteiger partial charge in [-0.3, -0.25) is 4.99 Å². The van der Waals surface area contributed by atoms with Crippen LogP contribution in [-0.4, -0.2) is 51.1 Å². The molecule has 0 atom stereocenters. The van der Waals surface area contributed by atoms with Crippen LogP contribution in [0.2, 0.25) is 0 Å². The second-order valence-corrected chi connectivity index (χ2v) is 4.91. The molecule has 4 heteroatoms. The first-order chi connectivity index (χ1) is 9.76. The van der Waals surface area contributed by atoms with Crippen LogP contribution in [0.25, 0.3) is 0 Å². The normalized spacial score (nSPS) is 11.7. The monoisotopic (exact) mass is 276 g/mol. The van der Waals surface area contributed by atoms with E-state index in [9.17, 15) is 0 Å². The average molecular weight is 276 g/mol. The van der Waals surface area contributed by atoms with Crippen molar-refractivity contribution in [2.45, 2.75) is 19.8 Å². The average Bonchev–Trinajstić information content (AvgIpc) is 2.50. The Morgan fingerprint density at radius 1 is 1.15 bits per heavy atom. The number of rotatable bonds is 8. The number of aryl methyl sites for hydroxylation is 1. The third kappa shape index (κ3) is 7.14. The van der Waals surface area contributed by atoms with E-state index in [1.807, 2.05) is 7.05 Å². The van der Waals surface area contributed by atoms with Crippen molar-refractivity contribution < 1.29 is 0 Å². The molecule has 2 N–H and O–H groups in total. The molecule has 4 nitrogen and oxygen atoms in total. The van der Waals surface area contributed by atoms with Crippen LogP contribution in [-0.2, 0) is 6.42 Å². The molecular formula is C16H28N4. The van der Waals surface area contributed by atoms with Crippen LogP contribution >= 0.6 is 0 Å². The van der Waals surface area contributed by atoms with Crippen LogP contribution in [0, 0.1) is 0 Å². The number of benzene rings is 1. The van der Waals surface area contributed by atoms with E-state index in [-0.39, 0.29) is 0 Å². The van der Waals surface area contributed by atoms with E-state index in [1.54, 1.807) is 0 Å². The van der Waals surface area contributed by atoms with Crippen molar-refractivity contribution in [2.75, 3.05) is 40.3 Å². The van der Waals surface area contributed by atoms with Crippen molar-refractivity contribution in [3.05, 3.63) is 35.9 Å². The molecule has 0 saturated heterocycles. The van der Waals surface area contributed by atoms with Crippen LogP contribution in [0.15, 0.2) is 35.3 Å². The summed E-state index contributed by atoms with van der Waals surface area (Å²) in [5.74, 6) is 0.891. The number of guanidine groups is 1. The smallest absolute Gasteiger partial charge is 0.191 e. The van der Waals surface area contributed by atoms with Crippen molar-refractivity contribution in [1.82, 2.24) is 15.5 Å². The molecule has 0 spiro atoms. The number of likely N-dealkylation sites (N-methyl/N-ethyl adjacent to an activating group) is 1. The van der Waals surface area contributed by atoms with Gasteiger partial charge in [0.1, 0.15) is 0 Å². The quantitative estimate of drug-likeness (QED) is 0.431. The Morgan fingerprint density at radius 3 is 2.50 bits per heavy atom. The predicted molar refractivity (Wildman–Crippen MR) is 87.3 cm³/mol. The Kier molecular flexibility index (Phi) is 8.47. The molecule has 0 amide bonds. The molecule has 0 saturated carbocycles. The molecule has 0 unspecified atom stereocenters. The highest BCUT2D eigenvalue weighted by atomic mass is 15.2. The molecule has 1 aromatic carbocycles. The van der Waals surface area contributed by atoms with Crippen LogP contribution in [0.5, 0.6) is 0 Å². The summed E-state index contributed by atoms with van der Waals surface area (Å²) >= 11 is 0. The molecule has 0 aromatic heterocycles. The van der Waals surface area contributed by atoms with E-state index in [1.165, 1.54) is 5.56 Å². The summed E-state index contributed by atoms with van der Waals surface area (Å²) in [6.07, 6.45) is 2.21. The van der Waals surface area contributed by atoms with Gasteiger partial charge in [-0.05, 0) is 32.0 Å². The van der Waals surface area contributed by atoms with Gasteiger partial charge < -0.3 is 15.5 Å². The second kappa shape index (κ2) is 10.3. The fraction of sp³-hybridized carbons (Fsp3) is 0.562. The SMILES string of the molecule is CCN(C)CCNC(=NC)NCCCc1ccccc1. The molecule has 0 bridgehead atoms. The van der Waals surface area contributed by atoms with Crippen LogP contribution < -0.4 is 10.6 Å². The van der Waals surface area contributed by atoms with Crippen LogP contribution in [0.4, 0.5) is 0 Å². The summed E-state index contributed by atoms with van der Waals surface area (Å²) in [5.41, 5.74) is 1.39. The molecule has 1 rings (SSSR count). The Labute approximate surface area is 123 Å². The first kappa shape index (κ1) is 16.5. The number of hydrogen-bond donors (Lipinski definition) is 2. The number of aliphatic imine (C=N–C) groups is 1. The predicted octanol–water partition coefficient (Wildman–Crippen LogP) is 1.74. The van der Waals surface area contributed by atoms with Gasteiger partial charge in [-0.15, -0.1) is 0 Å². The van der Waals surface area contributed by atoms with E-state index < -0.39 is 0 Å². The number of hydrogen-bond acceptors (Lipinski definition) is 2. The van der Waals surface area contributed by atoms with Gasteiger partial charge >= 0.3 is 0 Å². The maximum absolute atomic E-state index is 4.23. The Morgan fingerprint density at radius 2 is 1.85 bits per heavy atom. The maximum Gasteiger partial charge on any atom is 0.191 e. The lowest BCUT2D eigenvalue weighted by Crippen LogP contribution is -2.41. The molecule has 0 aliphatic rings. The van der Waals surface area contributed by atoms with Gasteiger partial charge in [0.15, 0.2) is 5.96 Å². The van der Waals surface area contributed by atoms with Gasteiger partial charge in [-0.2, -0.15) is 0 Å². The highest BCUT2D eigenvalue weighted by Gasteiger charge is 1.98. The molecule has 0 aliphatic heterocycles. The molecule has 0 fully saturated rings. The second-order valence-electron chi connectivity index (χ2n) is 4.91. The van der Waals surface area contributed by atoms with Gasteiger partial charge in [0.25, 0.3) is 0 Å². The summed E-state index contributed by atoms with van der Waals surface area (Å²) in [6, 6.07) is 10.6. The molecule has 1 aromatic rings. The van der Waals surface area contributed by atoms with Crippen LogP contribution in [0.1, 0.15) is 18.9 Å². The highest BCUT2D eigenvalue weighted by Crippen LogP contribution is 2.01. The fourth-order valence-electron chi connectivity index (χ4n) is 1.89. The van der Waals surface area contributed by atoms with E-state index in [0.717, 1.165) is 45.0 Å². The van der Waals surface area contributed by atoms with Gasteiger partial charge in [0, 0.05) is 26.7 Å². The van der Waals surface area contributed by atoms with Crippen molar-refractivity contribution in [2.24, 2.45) is 4.99 Å². The Hall–Kier alpha value is -1.55. The molecule has 0 radical (unpaired) electrons. The minimum atomic E-state index is 0.891. The third-order valence-electron chi connectivity index (χ3n) is 3.33. The van der Waals surface area contributed by atoms with Gasteiger partial charge in [0.05, 0.1) is 0 Å². The van der Waals surface area contributed by atoms with Gasteiger partial charge in [0.2, 0.25) is 0 Å². The third-order valence-corrected chi connectivity index (χ3v) is 3.33. The number of nitrogens with zero attached hydrogens (tertiary/aromatic N) is 2. The molecule has 0 heterocycles. The van der Waals surface area contributed by atoms with Crippen molar-refractivity contribution in [3.8, 4) is 0 Å². The van der Waals surface area contributed by atoms with Crippen molar-refractivity contribution >= 4 is 5.96 Å². The summed E-state index contributed by atoms with van der Waals surface area (Å²) in [7, 11) is 3.94. The Bertz CT molecular complexity index is 375. The maximum atomic E-state index is 4.23. The minimum Gasteiger partial charge on any atom is -0.356 e. The van der Waals surface area contributed by atoms with E-state index in [2.05, 4.69) is 64.8 Å². The molecule has 0 aliphatic carbocycles. The van der Waals surface area contributed by atoms with E-state index >= 15 is 0 Å². The summed E-state index contributed by atoms with van der Waals surface area (Å²) in [4.78, 5) is 6.50. The lowest BCUT2D eigenvalue weighted by atomic mass is 10.1. The summed E-state index contributed by atoms with van der Waals surface area (Å²) in [5, 5.41) is 6.68. The van der Waals surface area contributed by atoms with Crippen molar-refractivity contribution in [3.63, 3.8) is 0 Å². The zero-order valence-corrected chi connectivity index (χ0v) is 13.0. The van der Waals surface area contributed by atoms with Crippen molar-refractivity contribution in [1.29, 1.82) is 0 Å². The largest absolute Gasteiger partial charge is 0.356 e. The zero-order chi connectivity index (χ0) is 14.6. The first-order valence-electron chi connectivity index (χ1n) is 7.43. The topological polar surface area (TPSA) is 39.7 Å². The van der Waals surface area contributed by atoms with Crippen LogP contribution in [0.3, 0.4) is 0 Å². The minimum absolute atomic E-state index is 0.891. The highest BCUT2D eigenvalue weighted by molar-refractivity contribution is 5.79. The Balaban J connectivity index is 2.12. The van der Waals surface area contributed by atoms with Gasteiger partial charge in [-0.25, -0.2) is 0 Å². The van der Waals surface area contributed by atoms with E-state index in [0.29, 0.717) is 0 Å². The van der Waals surface area contributed by atoms with E-state index in [4.69, 9.17) is 0 Å². The standard InChI is InChI=1S/C16H28N4/c1-4-20(3)14-13-19-16(17-2)18-12-8-11-15-9-6-5-7-10-15/h5-7,9-10H,4,8,11-14H2,1-3H3,(H2,17,18,19). The zero-order valence-electron chi connectivity index (χ0n) is 13.0. The summed E-state index contributed by atoms with van der Waals surface area (Å²) in [6.45, 7) is 6.13. The molecular weight excluding hydrogens is 248 g/mol. The summed E-state index contributed by atoms with van der Waals surface area (Å²) < 4.78 is 0. The first-order valence-corrected chi connectivity index (χ1v) is 7.43. The fourth-order valence-corrected chi connectivity index (χ4v) is 1.89. The molecule has 112 valence electrons.